The Kier molecular flexibility index (Phi) is 7.87. The highest BCUT2D eigenvalue weighted by atomic mass is 35.5. The second kappa shape index (κ2) is 10.5. The minimum atomic E-state index is -1.47. The molecule has 0 N–H and O–H groups in total. The monoisotopic (exact) mass is 485 g/mol. The summed E-state index contributed by atoms with van der Waals surface area (Å²) in [7, 11) is 0. The van der Waals surface area contributed by atoms with Crippen molar-refractivity contribution in [2.75, 3.05) is 0 Å². The van der Waals surface area contributed by atoms with E-state index in [1.54, 1.807) is 41.5 Å². The first kappa shape index (κ1) is 25.6. The van der Waals surface area contributed by atoms with Crippen molar-refractivity contribution in [1.29, 1.82) is 0 Å². The van der Waals surface area contributed by atoms with E-state index in [1.165, 1.54) is 10.0 Å². The molecule has 0 radical (unpaired) electrons. The Labute approximate surface area is 206 Å². The lowest BCUT2D eigenvalue weighted by Crippen LogP contribution is -2.69. The third kappa shape index (κ3) is 4.89. The molecule has 0 saturated heterocycles. The van der Waals surface area contributed by atoms with E-state index in [9.17, 15) is 9.59 Å². The largest absolute Gasteiger partial charge is 0.445 e. The van der Waals surface area contributed by atoms with Crippen molar-refractivity contribution in [3.8, 4) is 0 Å². The molecule has 0 spiro atoms. The normalized spacial score (nSPS) is 21.3. The number of amides is 2. The molecule has 2 aromatic carbocycles. The molecule has 0 bridgehead atoms. The summed E-state index contributed by atoms with van der Waals surface area (Å²) in [6.07, 6.45) is -2.26. The molecule has 0 fully saturated rings. The number of halogens is 1. The van der Waals surface area contributed by atoms with Gasteiger partial charge in [0.2, 0.25) is 0 Å². The Hall–Kier alpha value is -3.06. The number of benzene rings is 2. The molecule has 2 aromatic rings. The van der Waals surface area contributed by atoms with E-state index in [4.69, 9.17) is 26.1 Å². The van der Waals surface area contributed by atoms with Crippen molar-refractivity contribution in [2.45, 2.75) is 70.8 Å². The van der Waals surface area contributed by atoms with E-state index >= 15 is 0 Å². The summed E-state index contributed by atoms with van der Waals surface area (Å²) in [5.41, 5.74) is 0.585. The van der Waals surface area contributed by atoms with Crippen molar-refractivity contribution in [2.24, 2.45) is 4.99 Å². The molecule has 1 aliphatic rings. The summed E-state index contributed by atoms with van der Waals surface area (Å²) in [4.78, 5) is 32.2. The van der Waals surface area contributed by atoms with E-state index in [0.29, 0.717) is 11.3 Å². The summed E-state index contributed by atoms with van der Waals surface area (Å²) >= 11 is 6.86. The molecule has 0 saturated carbocycles. The van der Waals surface area contributed by atoms with Crippen molar-refractivity contribution < 1.29 is 19.1 Å². The number of carbonyl (C=O) groups is 2. The lowest BCUT2D eigenvalue weighted by atomic mass is 9.91. The number of ether oxygens (including phenoxy) is 2. The van der Waals surface area contributed by atoms with Crippen LogP contribution in [0, 0.1) is 0 Å². The summed E-state index contributed by atoms with van der Waals surface area (Å²) in [5.74, 6) is 0. The van der Waals surface area contributed by atoms with Gasteiger partial charge < -0.3 is 9.47 Å². The Bertz CT molecular complexity index is 1030. The standard InChI is InChI=1S/C26H32ClN3O4/c1-17(2)33-24(31)29-19(5)23(21-13-9-7-10-14-21)28-26(20(6)27,22-15-11-8-12-16-22)30(29)25(32)34-18(3)4/h7-20H,1-6H3/t19-,20-,26-/m1/s1. The Balaban J connectivity index is 2.37. The minimum Gasteiger partial charge on any atom is -0.445 e. The van der Waals surface area contributed by atoms with Gasteiger partial charge in [0.15, 0.2) is 5.66 Å². The number of hydrogen-bond donors (Lipinski definition) is 0. The first-order valence-corrected chi connectivity index (χ1v) is 11.9. The highest BCUT2D eigenvalue weighted by Gasteiger charge is 2.56. The Morgan fingerprint density at radius 1 is 0.882 bits per heavy atom. The van der Waals surface area contributed by atoms with Crippen molar-refractivity contribution in [3.05, 3.63) is 71.8 Å². The SMILES string of the molecule is CC(C)OC(=O)N1[C@H](C)C(c2ccccc2)=N[C@](c2ccccc2)([C@@H](C)Cl)N1C(=O)OC(C)C. The van der Waals surface area contributed by atoms with Gasteiger partial charge in [-0.15, -0.1) is 11.6 Å². The summed E-state index contributed by atoms with van der Waals surface area (Å²) in [6, 6.07) is 18.1. The maximum Gasteiger partial charge on any atom is 0.431 e. The van der Waals surface area contributed by atoms with Gasteiger partial charge in [0.1, 0.15) is 0 Å². The number of nitrogens with zero attached hydrogens (tertiary/aromatic N) is 3. The van der Waals surface area contributed by atoms with Crippen molar-refractivity contribution in [3.63, 3.8) is 0 Å². The fraction of sp³-hybridized carbons (Fsp3) is 0.423. The number of carbonyl (C=O) groups excluding carboxylic acids is 2. The van der Waals surface area contributed by atoms with Gasteiger partial charge in [0.05, 0.1) is 29.3 Å². The van der Waals surface area contributed by atoms with E-state index in [1.807, 2.05) is 60.7 Å². The van der Waals surface area contributed by atoms with E-state index in [2.05, 4.69) is 0 Å². The lowest BCUT2D eigenvalue weighted by Gasteiger charge is -2.52. The zero-order valence-electron chi connectivity index (χ0n) is 20.4. The smallest absolute Gasteiger partial charge is 0.431 e. The molecule has 182 valence electrons. The van der Waals surface area contributed by atoms with Gasteiger partial charge in [-0.25, -0.2) is 14.6 Å². The van der Waals surface area contributed by atoms with Crippen LogP contribution < -0.4 is 0 Å². The molecule has 7 nitrogen and oxygen atoms in total. The Morgan fingerprint density at radius 2 is 1.38 bits per heavy atom. The molecular formula is C26H32ClN3O4. The number of aliphatic imine (C=N–C) groups is 1. The van der Waals surface area contributed by atoms with Gasteiger partial charge in [0, 0.05) is 5.56 Å². The average molecular weight is 486 g/mol. The van der Waals surface area contributed by atoms with Crippen LogP contribution in [0.5, 0.6) is 0 Å². The maximum absolute atomic E-state index is 13.6. The third-order valence-corrected chi connectivity index (χ3v) is 5.75. The molecule has 3 rings (SSSR count). The fourth-order valence-electron chi connectivity index (χ4n) is 4.02. The van der Waals surface area contributed by atoms with Crippen LogP contribution >= 0.6 is 11.6 Å². The zero-order valence-corrected chi connectivity index (χ0v) is 21.2. The minimum absolute atomic E-state index is 0.402. The van der Waals surface area contributed by atoms with Gasteiger partial charge >= 0.3 is 12.2 Å². The predicted octanol–water partition coefficient (Wildman–Crippen LogP) is 5.97. The van der Waals surface area contributed by atoms with Gasteiger partial charge in [0.25, 0.3) is 0 Å². The molecule has 1 heterocycles. The second-order valence-corrected chi connectivity index (χ2v) is 9.42. The molecule has 0 aliphatic carbocycles. The molecule has 2 amide bonds. The summed E-state index contributed by atoms with van der Waals surface area (Å²) in [5, 5.41) is 1.77. The number of rotatable bonds is 5. The van der Waals surface area contributed by atoms with E-state index in [-0.39, 0.29) is 0 Å². The van der Waals surface area contributed by atoms with Crippen molar-refractivity contribution in [1.82, 2.24) is 10.0 Å². The van der Waals surface area contributed by atoms with Crippen LogP contribution in [0.15, 0.2) is 65.7 Å². The molecule has 1 aliphatic heterocycles. The maximum atomic E-state index is 13.6. The molecular weight excluding hydrogens is 454 g/mol. The van der Waals surface area contributed by atoms with Crippen LogP contribution in [0.25, 0.3) is 0 Å². The molecule has 8 heteroatoms. The predicted molar refractivity (Wildman–Crippen MR) is 133 cm³/mol. The van der Waals surface area contributed by atoms with Gasteiger partial charge in [-0.05, 0) is 47.1 Å². The van der Waals surface area contributed by atoms with Crippen LogP contribution in [-0.2, 0) is 15.1 Å². The van der Waals surface area contributed by atoms with Crippen LogP contribution in [0.3, 0.4) is 0 Å². The number of alkyl halides is 1. The first-order valence-electron chi connectivity index (χ1n) is 11.4. The summed E-state index contributed by atoms with van der Waals surface area (Å²) in [6.45, 7) is 10.5. The zero-order chi connectivity index (χ0) is 25.0. The van der Waals surface area contributed by atoms with Gasteiger partial charge in [-0.1, -0.05) is 60.7 Å². The van der Waals surface area contributed by atoms with Gasteiger partial charge in [-0.2, -0.15) is 5.01 Å². The fourth-order valence-corrected chi connectivity index (χ4v) is 4.29. The third-order valence-electron chi connectivity index (χ3n) is 5.45. The number of hydrogen-bond acceptors (Lipinski definition) is 5. The molecule has 3 atom stereocenters. The summed E-state index contributed by atoms with van der Waals surface area (Å²) < 4.78 is 11.2. The van der Waals surface area contributed by atoms with Crippen LogP contribution in [0.4, 0.5) is 9.59 Å². The van der Waals surface area contributed by atoms with Crippen LogP contribution in [-0.4, -0.2) is 51.5 Å². The van der Waals surface area contributed by atoms with Crippen LogP contribution in [0.2, 0.25) is 0 Å². The second-order valence-electron chi connectivity index (χ2n) is 8.77. The van der Waals surface area contributed by atoms with E-state index in [0.717, 1.165) is 5.56 Å². The highest BCUT2D eigenvalue weighted by molar-refractivity contribution is 6.21. The van der Waals surface area contributed by atoms with E-state index < -0.39 is 41.5 Å². The average Bonchev–Trinajstić information content (AvgIpc) is 2.78. The van der Waals surface area contributed by atoms with Crippen LogP contribution in [0.1, 0.15) is 52.7 Å². The quantitative estimate of drug-likeness (QED) is 0.489. The highest BCUT2D eigenvalue weighted by Crippen LogP contribution is 2.43. The molecule has 0 unspecified atom stereocenters. The molecule has 34 heavy (non-hydrogen) atoms. The molecule has 0 aromatic heterocycles. The topological polar surface area (TPSA) is 71.4 Å². The first-order chi connectivity index (χ1) is 16.1. The number of hydrazine groups is 1. The Morgan fingerprint density at radius 3 is 1.88 bits per heavy atom. The van der Waals surface area contributed by atoms with Gasteiger partial charge in [-0.3, -0.25) is 4.99 Å². The van der Waals surface area contributed by atoms with Crippen molar-refractivity contribution >= 4 is 29.5 Å². The lowest BCUT2D eigenvalue weighted by molar-refractivity contribution is -0.106.